The number of benzene rings is 1. The van der Waals surface area contributed by atoms with E-state index in [1.165, 1.54) is 24.2 Å². The molecule has 2 N–H and O–H groups in total. The smallest absolute Gasteiger partial charge is 0.282 e. The average Bonchev–Trinajstić information content (AvgIpc) is 3.90. The van der Waals surface area contributed by atoms with Crippen LogP contribution in [0.3, 0.4) is 0 Å². The van der Waals surface area contributed by atoms with Gasteiger partial charge in [-0.2, -0.15) is 0 Å². The second-order valence-corrected chi connectivity index (χ2v) is 13.3. The van der Waals surface area contributed by atoms with Gasteiger partial charge in [-0.05, 0) is 91.7 Å². The van der Waals surface area contributed by atoms with Crippen LogP contribution in [-0.2, 0) is 10.7 Å². The van der Waals surface area contributed by atoms with E-state index in [1.807, 2.05) is 6.92 Å². The minimum atomic E-state index is -2.97. The van der Waals surface area contributed by atoms with Crippen LogP contribution in [0.4, 0.5) is 19.0 Å². The molecule has 1 saturated heterocycles. The van der Waals surface area contributed by atoms with Crippen LogP contribution in [0, 0.1) is 5.82 Å². The number of alkyl halides is 2. The summed E-state index contributed by atoms with van der Waals surface area (Å²) in [5, 5.41) is 6.32. The second kappa shape index (κ2) is 12.6. The highest BCUT2D eigenvalue weighted by Crippen LogP contribution is 2.42. The van der Waals surface area contributed by atoms with Crippen LogP contribution in [0.25, 0.3) is 11.1 Å². The van der Waals surface area contributed by atoms with Crippen molar-refractivity contribution < 1.29 is 26.9 Å². The number of pyridine rings is 2. The summed E-state index contributed by atoms with van der Waals surface area (Å²) in [4.78, 5) is 45.8. The van der Waals surface area contributed by atoms with Crippen molar-refractivity contribution in [3.05, 3.63) is 81.2 Å². The molecule has 3 aromatic rings. The molecule has 3 fully saturated rings. The summed E-state index contributed by atoms with van der Waals surface area (Å²) in [5.74, 6) is -4.65. The Morgan fingerprint density at radius 1 is 1.11 bits per heavy atom. The zero-order valence-corrected chi connectivity index (χ0v) is 25.8. The van der Waals surface area contributed by atoms with E-state index in [4.69, 9.17) is 4.18 Å². The molecule has 1 atom stereocenters. The van der Waals surface area contributed by atoms with Gasteiger partial charge in [0.2, 0.25) is 0 Å². The van der Waals surface area contributed by atoms with Gasteiger partial charge in [0.1, 0.15) is 17.2 Å². The highest BCUT2D eigenvalue weighted by molar-refractivity contribution is 7.95. The highest BCUT2D eigenvalue weighted by atomic mass is 32.2. The first-order chi connectivity index (χ1) is 21.5. The molecule has 1 aliphatic heterocycles. The summed E-state index contributed by atoms with van der Waals surface area (Å²) >= 11 is 1.35. The molecule has 6 rings (SSSR count). The number of rotatable bonds is 12. The fourth-order valence-corrected chi connectivity index (χ4v) is 5.99. The number of likely N-dealkylation sites (tertiary alicyclic amines) is 1. The van der Waals surface area contributed by atoms with E-state index in [-0.39, 0.29) is 34.2 Å². The maximum Gasteiger partial charge on any atom is 0.282 e. The normalized spacial score (nSPS) is 17.9. The van der Waals surface area contributed by atoms with Crippen LogP contribution in [0.5, 0.6) is 0 Å². The Kier molecular flexibility index (Phi) is 8.77. The third-order valence-corrected chi connectivity index (χ3v) is 8.73. The van der Waals surface area contributed by atoms with Gasteiger partial charge in [0.05, 0.1) is 25.8 Å². The second-order valence-electron chi connectivity index (χ2n) is 12.0. The predicted molar refractivity (Wildman–Crippen MR) is 165 cm³/mol. The Morgan fingerprint density at radius 3 is 2.53 bits per heavy atom. The Labute approximate surface area is 262 Å². The Bertz CT molecular complexity index is 1680. The number of nitrogens with zero attached hydrogens (tertiary/aromatic N) is 3. The minimum absolute atomic E-state index is 0.0166. The van der Waals surface area contributed by atoms with Gasteiger partial charge in [0.25, 0.3) is 23.3 Å². The fourth-order valence-electron chi connectivity index (χ4n) is 5.48. The maximum absolute atomic E-state index is 14.3. The lowest BCUT2D eigenvalue weighted by atomic mass is 9.96. The topological polar surface area (TPSA) is 106 Å². The van der Waals surface area contributed by atoms with Crippen molar-refractivity contribution in [3.8, 4) is 11.1 Å². The molecule has 2 saturated carbocycles. The van der Waals surface area contributed by atoms with Crippen molar-refractivity contribution in [1.82, 2.24) is 19.8 Å². The molecule has 13 heteroatoms. The van der Waals surface area contributed by atoms with Gasteiger partial charge >= 0.3 is 0 Å². The highest BCUT2D eigenvalue weighted by Gasteiger charge is 2.46. The summed E-state index contributed by atoms with van der Waals surface area (Å²) in [6.45, 7) is 1.68. The lowest BCUT2D eigenvalue weighted by molar-refractivity contribution is -0.113. The Morgan fingerprint density at radius 2 is 1.87 bits per heavy atom. The molecule has 0 radical (unpaired) electrons. The van der Waals surface area contributed by atoms with Crippen LogP contribution >= 0.6 is 12.0 Å². The van der Waals surface area contributed by atoms with E-state index in [0.29, 0.717) is 29.9 Å². The molecule has 9 nitrogen and oxygen atoms in total. The van der Waals surface area contributed by atoms with Gasteiger partial charge in [-0.3, -0.25) is 14.4 Å². The Hall–Kier alpha value is -3.68. The van der Waals surface area contributed by atoms with Gasteiger partial charge < -0.3 is 24.3 Å². The zero-order chi connectivity index (χ0) is 31.9. The quantitative estimate of drug-likeness (QED) is 0.256. The van der Waals surface area contributed by atoms with E-state index in [9.17, 15) is 27.6 Å². The first kappa shape index (κ1) is 31.3. The SMILES string of the molecule is COS[C@@H](C)CNCc1cc(C(=O)Nc2cc(-c3ccc(F)cc3C(=O)N3CC(F)(F)C3)cc(C3CC3)n2)c(=O)n(C2CC2)c1. The van der Waals surface area contributed by atoms with Crippen molar-refractivity contribution in [2.45, 2.75) is 62.3 Å². The molecular weight excluding hydrogens is 607 g/mol. The lowest BCUT2D eigenvalue weighted by Gasteiger charge is -2.39. The molecular formula is C32H34F3N5O4S. The Balaban J connectivity index is 1.29. The van der Waals surface area contributed by atoms with Crippen LogP contribution < -0.4 is 16.2 Å². The van der Waals surface area contributed by atoms with Crippen molar-refractivity contribution >= 4 is 29.7 Å². The number of amides is 2. The van der Waals surface area contributed by atoms with Crippen molar-refractivity contribution in [1.29, 1.82) is 0 Å². The molecule has 238 valence electrons. The fraction of sp³-hybridized carbons (Fsp3) is 0.438. The van der Waals surface area contributed by atoms with Crippen molar-refractivity contribution in [3.63, 3.8) is 0 Å². The molecule has 3 aliphatic rings. The number of aromatic nitrogens is 2. The van der Waals surface area contributed by atoms with Crippen LogP contribution in [0.15, 0.2) is 47.4 Å². The molecule has 0 bridgehead atoms. The van der Waals surface area contributed by atoms with Gasteiger partial charge in [-0.15, -0.1) is 0 Å². The van der Waals surface area contributed by atoms with Crippen LogP contribution in [0.1, 0.15) is 76.5 Å². The number of carbonyl (C=O) groups is 2. The van der Waals surface area contributed by atoms with E-state index in [0.717, 1.165) is 42.2 Å². The molecule has 2 amide bonds. The molecule has 0 spiro atoms. The van der Waals surface area contributed by atoms with Gasteiger partial charge in [-0.25, -0.2) is 18.2 Å². The lowest BCUT2D eigenvalue weighted by Crippen LogP contribution is -2.58. The zero-order valence-electron chi connectivity index (χ0n) is 24.9. The summed E-state index contributed by atoms with van der Waals surface area (Å²) in [7, 11) is 1.62. The van der Waals surface area contributed by atoms with Crippen LogP contribution in [-0.4, -0.2) is 64.2 Å². The molecule has 3 heterocycles. The van der Waals surface area contributed by atoms with Gasteiger partial charge in [0, 0.05) is 42.2 Å². The summed E-state index contributed by atoms with van der Waals surface area (Å²) in [6.07, 6.45) is 5.31. The molecule has 1 aromatic carbocycles. The number of hydrogen-bond donors (Lipinski definition) is 2. The summed E-state index contributed by atoms with van der Waals surface area (Å²) < 4.78 is 48.1. The summed E-state index contributed by atoms with van der Waals surface area (Å²) in [6, 6.07) is 8.63. The molecule has 45 heavy (non-hydrogen) atoms. The third kappa shape index (κ3) is 7.26. The first-order valence-corrected chi connectivity index (χ1v) is 15.8. The van der Waals surface area contributed by atoms with Gasteiger partial charge in [-0.1, -0.05) is 6.07 Å². The van der Waals surface area contributed by atoms with E-state index >= 15 is 0 Å². The van der Waals surface area contributed by atoms with E-state index < -0.39 is 42.2 Å². The number of halogens is 3. The number of anilines is 1. The average molecular weight is 642 g/mol. The van der Waals surface area contributed by atoms with Crippen LogP contribution in [0.2, 0.25) is 0 Å². The number of nitrogens with one attached hydrogen (secondary N) is 2. The number of carbonyl (C=O) groups excluding carboxylic acids is 2. The standard InChI is InChI=1S/C32H34F3N5O4S/c1-18(45-44-2)13-36-14-19-9-26(31(43)40(15-19)23-6-7-23)29(41)38-28-11-21(10-27(37-28)20-3-4-20)24-8-5-22(33)12-25(24)30(42)39-16-32(34,35)17-39/h5,8-12,15,18,20,23,36H,3-4,6-7,13-14,16-17H2,1-2H3,(H,37,38,41)/t18-/m0/s1. The summed E-state index contributed by atoms with van der Waals surface area (Å²) in [5.41, 5.74) is 1.82. The predicted octanol–water partition coefficient (Wildman–Crippen LogP) is 5.38. The molecule has 0 unspecified atom stereocenters. The number of hydrogen-bond acceptors (Lipinski definition) is 7. The monoisotopic (exact) mass is 641 g/mol. The molecule has 2 aliphatic carbocycles. The van der Waals surface area contributed by atoms with Crippen molar-refractivity contribution in [2.75, 3.05) is 32.1 Å². The van der Waals surface area contributed by atoms with E-state index in [2.05, 4.69) is 15.6 Å². The van der Waals surface area contributed by atoms with Gasteiger partial charge in [0.15, 0.2) is 0 Å². The maximum atomic E-state index is 14.3. The minimum Gasteiger partial charge on any atom is -0.326 e. The third-order valence-electron chi connectivity index (χ3n) is 8.04. The largest absolute Gasteiger partial charge is 0.326 e. The molecule has 2 aromatic heterocycles. The first-order valence-electron chi connectivity index (χ1n) is 15.0. The van der Waals surface area contributed by atoms with E-state index in [1.54, 1.807) is 36.1 Å². The van der Waals surface area contributed by atoms with Crippen molar-refractivity contribution in [2.24, 2.45) is 0 Å².